The summed E-state index contributed by atoms with van der Waals surface area (Å²) < 4.78 is 0. The van der Waals surface area contributed by atoms with Crippen molar-refractivity contribution >= 4 is 34.5 Å². The van der Waals surface area contributed by atoms with Gasteiger partial charge in [-0.3, -0.25) is 0 Å². The molecule has 1 N–H and O–H groups in total. The molecule has 2 aromatic rings. The molecule has 3 rings (SSSR count). The van der Waals surface area contributed by atoms with E-state index in [0.29, 0.717) is 10.0 Å². The molecule has 2 aromatic carbocycles. The molecule has 0 aromatic heterocycles. The van der Waals surface area contributed by atoms with Gasteiger partial charge in [0.2, 0.25) is 0 Å². The highest BCUT2D eigenvalue weighted by molar-refractivity contribution is 7.81. The number of hydrogen-bond acceptors (Lipinski definition) is 1. The number of rotatable bonds is 3. The van der Waals surface area contributed by atoms with E-state index >= 15 is 0 Å². The Balaban J connectivity index is 1.66. The van der Waals surface area contributed by atoms with Gasteiger partial charge in [-0.15, -0.1) is 0 Å². The summed E-state index contributed by atoms with van der Waals surface area (Å²) in [6.07, 6.45) is 6.78. The standard InChI is InChI=1S/C19H20ClNS/c20-17-8-4-7-16(13-17)19(22)21-18-11-9-15(10-12-18)14-5-2-1-3-6-14/h4,7-14H,1-3,5-6H2,(H,21,22). The maximum atomic E-state index is 6.01. The third-order valence-corrected chi connectivity index (χ3v) is 4.90. The van der Waals surface area contributed by atoms with Crippen molar-refractivity contribution in [1.82, 2.24) is 0 Å². The summed E-state index contributed by atoms with van der Waals surface area (Å²) in [4.78, 5) is 0.702. The van der Waals surface area contributed by atoms with Crippen molar-refractivity contribution in [3.05, 3.63) is 64.7 Å². The van der Waals surface area contributed by atoms with Crippen LogP contribution in [0.4, 0.5) is 5.69 Å². The van der Waals surface area contributed by atoms with Crippen LogP contribution in [0, 0.1) is 0 Å². The van der Waals surface area contributed by atoms with E-state index in [4.69, 9.17) is 23.8 Å². The zero-order valence-electron chi connectivity index (χ0n) is 12.5. The SMILES string of the molecule is S=C(Nc1ccc(C2CCCCC2)cc1)c1cccc(Cl)c1. The van der Waals surface area contributed by atoms with Crippen LogP contribution in [0.2, 0.25) is 5.02 Å². The van der Waals surface area contributed by atoms with Crippen LogP contribution in [0.15, 0.2) is 48.5 Å². The number of halogens is 1. The van der Waals surface area contributed by atoms with Crippen molar-refractivity contribution in [3.8, 4) is 0 Å². The fourth-order valence-electron chi connectivity index (χ4n) is 3.11. The van der Waals surface area contributed by atoms with Crippen LogP contribution in [-0.2, 0) is 0 Å². The molecule has 22 heavy (non-hydrogen) atoms. The molecular weight excluding hydrogens is 310 g/mol. The van der Waals surface area contributed by atoms with Gasteiger partial charge >= 0.3 is 0 Å². The first kappa shape index (κ1) is 15.5. The van der Waals surface area contributed by atoms with Crippen LogP contribution in [0.3, 0.4) is 0 Å². The molecule has 0 bridgehead atoms. The Morgan fingerprint density at radius 3 is 2.41 bits per heavy atom. The maximum absolute atomic E-state index is 6.01. The highest BCUT2D eigenvalue weighted by Gasteiger charge is 2.15. The molecule has 0 spiro atoms. The predicted molar refractivity (Wildman–Crippen MR) is 99.0 cm³/mol. The molecule has 114 valence electrons. The fourth-order valence-corrected chi connectivity index (χ4v) is 3.54. The van der Waals surface area contributed by atoms with Crippen molar-refractivity contribution < 1.29 is 0 Å². The molecule has 3 heteroatoms. The minimum atomic E-state index is 0.702. The van der Waals surface area contributed by atoms with Gasteiger partial charge in [-0.25, -0.2) is 0 Å². The Bertz CT molecular complexity index is 645. The molecule has 0 aliphatic heterocycles. The van der Waals surface area contributed by atoms with Crippen molar-refractivity contribution in [2.45, 2.75) is 38.0 Å². The van der Waals surface area contributed by atoms with E-state index < -0.39 is 0 Å². The lowest BCUT2D eigenvalue weighted by Gasteiger charge is -2.22. The van der Waals surface area contributed by atoms with Crippen molar-refractivity contribution in [2.24, 2.45) is 0 Å². The molecule has 1 saturated carbocycles. The summed E-state index contributed by atoms with van der Waals surface area (Å²) >= 11 is 11.5. The first-order valence-electron chi connectivity index (χ1n) is 7.89. The lowest BCUT2D eigenvalue weighted by Crippen LogP contribution is -2.10. The average Bonchev–Trinajstić information content (AvgIpc) is 2.56. The van der Waals surface area contributed by atoms with Gasteiger partial charge < -0.3 is 5.32 Å². The minimum absolute atomic E-state index is 0.702. The second-order valence-electron chi connectivity index (χ2n) is 5.92. The molecule has 0 heterocycles. The molecule has 1 nitrogen and oxygen atoms in total. The first-order valence-corrected chi connectivity index (χ1v) is 8.68. The van der Waals surface area contributed by atoms with Gasteiger partial charge in [0.05, 0.1) is 0 Å². The van der Waals surface area contributed by atoms with Gasteiger partial charge in [-0.1, -0.05) is 67.3 Å². The summed E-state index contributed by atoms with van der Waals surface area (Å²) in [5.41, 5.74) is 3.43. The minimum Gasteiger partial charge on any atom is -0.346 e. The lowest BCUT2D eigenvalue weighted by molar-refractivity contribution is 0.443. The second kappa shape index (κ2) is 7.26. The number of thiocarbonyl (C=S) groups is 1. The summed E-state index contributed by atoms with van der Waals surface area (Å²) in [5, 5.41) is 3.99. The fraction of sp³-hybridized carbons (Fsp3) is 0.316. The number of nitrogens with one attached hydrogen (secondary N) is 1. The van der Waals surface area contributed by atoms with E-state index in [0.717, 1.165) is 17.2 Å². The van der Waals surface area contributed by atoms with Gasteiger partial charge in [0.25, 0.3) is 0 Å². The molecule has 0 radical (unpaired) electrons. The Hall–Kier alpha value is -1.38. The third-order valence-electron chi connectivity index (χ3n) is 4.33. The predicted octanol–water partition coefficient (Wildman–Crippen LogP) is 6.18. The largest absolute Gasteiger partial charge is 0.346 e. The monoisotopic (exact) mass is 329 g/mol. The quantitative estimate of drug-likeness (QED) is 0.675. The summed E-state index contributed by atoms with van der Waals surface area (Å²) in [5.74, 6) is 0.739. The van der Waals surface area contributed by atoms with Gasteiger partial charge in [0, 0.05) is 16.3 Å². The Labute approximate surface area is 142 Å². The van der Waals surface area contributed by atoms with Gasteiger partial charge in [-0.05, 0) is 48.6 Å². The number of anilines is 1. The molecule has 0 unspecified atom stereocenters. The third kappa shape index (κ3) is 3.88. The van der Waals surface area contributed by atoms with Crippen LogP contribution < -0.4 is 5.32 Å². The first-order chi connectivity index (χ1) is 10.7. The summed E-state index contributed by atoms with van der Waals surface area (Å²) in [6.45, 7) is 0. The number of benzene rings is 2. The Morgan fingerprint density at radius 2 is 1.73 bits per heavy atom. The van der Waals surface area contributed by atoms with Crippen LogP contribution >= 0.6 is 23.8 Å². The van der Waals surface area contributed by atoms with E-state index in [9.17, 15) is 0 Å². The van der Waals surface area contributed by atoms with Crippen LogP contribution in [0.1, 0.15) is 49.1 Å². The van der Waals surface area contributed by atoms with Crippen LogP contribution in [0.25, 0.3) is 0 Å². The highest BCUT2D eigenvalue weighted by atomic mass is 35.5. The molecule has 0 saturated heterocycles. The second-order valence-corrected chi connectivity index (χ2v) is 6.77. The zero-order valence-corrected chi connectivity index (χ0v) is 14.1. The highest BCUT2D eigenvalue weighted by Crippen LogP contribution is 2.33. The van der Waals surface area contributed by atoms with Gasteiger partial charge in [0.1, 0.15) is 4.99 Å². The summed E-state index contributed by atoms with van der Waals surface area (Å²) in [7, 11) is 0. The van der Waals surface area contributed by atoms with Gasteiger partial charge in [0.15, 0.2) is 0 Å². The van der Waals surface area contributed by atoms with E-state index in [1.165, 1.54) is 37.7 Å². The van der Waals surface area contributed by atoms with Crippen molar-refractivity contribution in [1.29, 1.82) is 0 Å². The van der Waals surface area contributed by atoms with E-state index in [-0.39, 0.29) is 0 Å². The normalized spacial score (nSPS) is 15.5. The molecule has 0 atom stereocenters. The summed E-state index contributed by atoms with van der Waals surface area (Å²) in [6, 6.07) is 16.3. The average molecular weight is 330 g/mol. The van der Waals surface area contributed by atoms with Crippen molar-refractivity contribution in [2.75, 3.05) is 5.32 Å². The van der Waals surface area contributed by atoms with E-state index in [2.05, 4.69) is 29.6 Å². The maximum Gasteiger partial charge on any atom is 0.111 e. The molecule has 1 fully saturated rings. The van der Waals surface area contributed by atoms with E-state index in [1.54, 1.807) is 0 Å². The Kier molecular flexibility index (Phi) is 5.12. The molecule has 1 aliphatic rings. The van der Waals surface area contributed by atoms with Crippen LogP contribution in [0.5, 0.6) is 0 Å². The number of hydrogen-bond donors (Lipinski definition) is 1. The van der Waals surface area contributed by atoms with Gasteiger partial charge in [-0.2, -0.15) is 0 Å². The van der Waals surface area contributed by atoms with Crippen molar-refractivity contribution in [3.63, 3.8) is 0 Å². The smallest absolute Gasteiger partial charge is 0.111 e. The lowest BCUT2D eigenvalue weighted by atomic mass is 9.84. The van der Waals surface area contributed by atoms with E-state index in [1.807, 2.05) is 24.3 Å². The van der Waals surface area contributed by atoms with Crippen LogP contribution in [-0.4, -0.2) is 4.99 Å². The zero-order chi connectivity index (χ0) is 15.4. The topological polar surface area (TPSA) is 12.0 Å². The molecule has 1 aliphatic carbocycles. The molecule has 0 amide bonds. The molecular formula is C19H20ClNS. The Morgan fingerprint density at radius 1 is 1.00 bits per heavy atom.